The first-order chi connectivity index (χ1) is 9.67. The molecular weight excluding hydrogens is 336 g/mol. The molecule has 0 aliphatic rings. The lowest BCUT2D eigenvalue weighted by Crippen LogP contribution is -2.37. The van der Waals surface area contributed by atoms with Gasteiger partial charge in [0.15, 0.2) is 0 Å². The maximum Gasteiger partial charge on any atom is 0.316 e. The molecule has 2 N–H and O–H groups in total. The van der Waals surface area contributed by atoms with Crippen molar-refractivity contribution >= 4 is 55.8 Å². The molecule has 9 heteroatoms. The molecule has 0 aliphatic heterocycles. The van der Waals surface area contributed by atoms with Crippen molar-refractivity contribution in [3.63, 3.8) is 0 Å². The first-order valence-electron chi connectivity index (χ1n) is 6.25. The summed E-state index contributed by atoms with van der Waals surface area (Å²) in [6.07, 6.45) is 0.583. The van der Waals surface area contributed by atoms with Crippen molar-refractivity contribution < 1.29 is 29.3 Å². The zero-order chi connectivity index (χ0) is 16.6. The highest BCUT2D eigenvalue weighted by molar-refractivity contribution is 7.82. The SMILES string of the molecule is CCC(COC(=O)CS)(CC(S)C(=O)O)CC(S)C(=O)O. The fourth-order valence-electron chi connectivity index (χ4n) is 1.87. The van der Waals surface area contributed by atoms with Crippen molar-refractivity contribution in [3.05, 3.63) is 0 Å². The second-order valence-electron chi connectivity index (χ2n) is 4.79. The third kappa shape index (κ3) is 7.32. The molecule has 0 spiro atoms. The highest BCUT2D eigenvalue weighted by Crippen LogP contribution is 2.37. The van der Waals surface area contributed by atoms with E-state index in [0.29, 0.717) is 6.42 Å². The van der Waals surface area contributed by atoms with E-state index in [2.05, 4.69) is 37.9 Å². The van der Waals surface area contributed by atoms with Crippen LogP contribution in [0, 0.1) is 5.41 Å². The van der Waals surface area contributed by atoms with Crippen LogP contribution in [0.15, 0.2) is 0 Å². The lowest BCUT2D eigenvalue weighted by atomic mass is 9.77. The molecular formula is C12H20O6S3. The van der Waals surface area contributed by atoms with Crippen LogP contribution in [0.25, 0.3) is 0 Å². The third-order valence-electron chi connectivity index (χ3n) is 3.24. The van der Waals surface area contributed by atoms with Gasteiger partial charge in [0, 0.05) is 5.41 Å². The molecule has 0 radical (unpaired) electrons. The summed E-state index contributed by atoms with van der Waals surface area (Å²) >= 11 is 11.8. The quantitative estimate of drug-likeness (QED) is 0.300. The Kier molecular flexibility index (Phi) is 9.23. The highest BCUT2D eigenvalue weighted by atomic mass is 32.1. The van der Waals surface area contributed by atoms with Crippen molar-refractivity contribution in [2.75, 3.05) is 12.4 Å². The number of esters is 1. The summed E-state index contributed by atoms with van der Waals surface area (Å²) in [7, 11) is 0. The van der Waals surface area contributed by atoms with Gasteiger partial charge < -0.3 is 14.9 Å². The second-order valence-corrected chi connectivity index (χ2v) is 6.35. The Hall–Kier alpha value is -0.540. The molecule has 0 aromatic heterocycles. The van der Waals surface area contributed by atoms with Gasteiger partial charge in [0.1, 0.15) is 0 Å². The van der Waals surface area contributed by atoms with Crippen LogP contribution in [0.2, 0.25) is 0 Å². The lowest BCUT2D eigenvalue weighted by Gasteiger charge is -2.34. The van der Waals surface area contributed by atoms with Crippen molar-refractivity contribution in [3.8, 4) is 0 Å². The predicted molar refractivity (Wildman–Crippen MR) is 87.6 cm³/mol. The van der Waals surface area contributed by atoms with Crippen LogP contribution in [-0.2, 0) is 19.1 Å². The van der Waals surface area contributed by atoms with E-state index < -0.39 is 33.8 Å². The van der Waals surface area contributed by atoms with E-state index in [-0.39, 0.29) is 25.2 Å². The number of hydrogen-bond donors (Lipinski definition) is 5. The number of aliphatic carboxylic acids is 2. The molecule has 0 bridgehead atoms. The molecule has 0 aromatic carbocycles. The number of carboxylic acids is 2. The number of thiol groups is 3. The van der Waals surface area contributed by atoms with Crippen LogP contribution >= 0.6 is 37.9 Å². The summed E-state index contributed by atoms with van der Waals surface area (Å²) in [4.78, 5) is 33.2. The van der Waals surface area contributed by atoms with Crippen LogP contribution in [0.4, 0.5) is 0 Å². The summed E-state index contributed by atoms with van der Waals surface area (Å²) in [6, 6.07) is 0. The van der Waals surface area contributed by atoms with E-state index in [0.717, 1.165) is 0 Å². The van der Waals surface area contributed by atoms with Crippen LogP contribution in [0.1, 0.15) is 26.2 Å². The molecule has 0 saturated carbocycles. The van der Waals surface area contributed by atoms with Gasteiger partial charge in [-0.1, -0.05) is 6.92 Å². The van der Waals surface area contributed by atoms with Gasteiger partial charge in [-0.25, -0.2) is 0 Å². The molecule has 0 rings (SSSR count). The van der Waals surface area contributed by atoms with Gasteiger partial charge in [0.2, 0.25) is 0 Å². The largest absolute Gasteiger partial charge is 0.480 e. The van der Waals surface area contributed by atoms with Gasteiger partial charge in [-0.2, -0.15) is 37.9 Å². The molecule has 6 nitrogen and oxygen atoms in total. The number of hydrogen-bond acceptors (Lipinski definition) is 7. The third-order valence-corrected chi connectivity index (χ3v) is 4.31. The number of carbonyl (C=O) groups is 3. The summed E-state index contributed by atoms with van der Waals surface area (Å²) in [5.41, 5.74) is -0.811. The molecule has 21 heavy (non-hydrogen) atoms. The molecule has 0 aromatic rings. The van der Waals surface area contributed by atoms with Crippen molar-refractivity contribution in [2.24, 2.45) is 5.41 Å². The van der Waals surface area contributed by atoms with E-state index in [4.69, 9.17) is 14.9 Å². The fraction of sp³-hybridized carbons (Fsp3) is 0.750. The molecule has 0 amide bonds. The minimum absolute atomic E-state index is 0.0755. The molecule has 0 heterocycles. The van der Waals surface area contributed by atoms with Gasteiger partial charge in [-0.05, 0) is 19.3 Å². The Bertz CT molecular complexity index is 365. The molecule has 0 saturated heterocycles. The van der Waals surface area contributed by atoms with Gasteiger partial charge in [0.05, 0.1) is 22.9 Å². The van der Waals surface area contributed by atoms with Crippen molar-refractivity contribution in [1.29, 1.82) is 0 Å². The van der Waals surface area contributed by atoms with Crippen LogP contribution in [0.3, 0.4) is 0 Å². The zero-order valence-corrected chi connectivity index (χ0v) is 14.2. The van der Waals surface area contributed by atoms with E-state index in [1.54, 1.807) is 6.92 Å². The molecule has 2 unspecified atom stereocenters. The van der Waals surface area contributed by atoms with Crippen LogP contribution in [0.5, 0.6) is 0 Å². The minimum Gasteiger partial charge on any atom is -0.480 e. The summed E-state index contributed by atoms with van der Waals surface area (Å²) in [5.74, 6) is -2.87. The van der Waals surface area contributed by atoms with Crippen molar-refractivity contribution in [2.45, 2.75) is 36.7 Å². The number of rotatable bonds is 10. The summed E-state index contributed by atoms with van der Waals surface area (Å²) in [5, 5.41) is 16.0. The number of carbonyl (C=O) groups excluding carboxylic acids is 1. The summed E-state index contributed by atoms with van der Waals surface area (Å²) < 4.78 is 5.04. The standard InChI is InChI=1S/C12H20O6S3/c1-2-12(3-7(20)10(14)15,4-8(21)11(16)17)6-18-9(13)5-19/h7-8,19-21H,2-6H2,1H3,(H,14,15)(H,16,17). The minimum atomic E-state index is -1.11. The van der Waals surface area contributed by atoms with Crippen molar-refractivity contribution in [1.82, 2.24) is 0 Å². The molecule has 0 aliphatic carbocycles. The van der Waals surface area contributed by atoms with Gasteiger partial charge in [-0.15, -0.1) is 0 Å². The zero-order valence-electron chi connectivity index (χ0n) is 11.6. The average molecular weight is 356 g/mol. The Morgan fingerprint density at radius 3 is 1.81 bits per heavy atom. The highest BCUT2D eigenvalue weighted by Gasteiger charge is 2.37. The Labute approximate surface area is 139 Å². The Morgan fingerprint density at radius 1 is 1.10 bits per heavy atom. The number of carboxylic acid groups (broad SMARTS) is 2. The smallest absolute Gasteiger partial charge is 0.316 e. The van der Waals surface area contributed by atoms with Crippen LogP contribution in [-0.4, -0.2) is 51.0 Å². The van der Waals surface area contributed by atoms with E-state index >= 15 is 0 Å². The predicted octanol–water partition coefficient (Wildman–Crippen LogP) is 1.40. The Morgan fingerprint density at radius 2 is 1.52 bits per heavy atom. The van der Waals surface area contributed by atoms with Crippen LogP contribution < -0.4 is 0 Å². The van der Waals surface area contributed by atoms with E-state index in [9.17, 15) is 14.4 Å². The normalized spacial score (nSPS) is 16.6. The Balaban J connectivity index is 5.11. The second kappa shape index (κ2) is 9.47. The van der Waals surface area contributed by atoms with Gasteiger partial charge in [0.25, 0.3) is 0 Å². The summed E-state index contributed by atoms with van der Waals surface area (Å²) in [6.45, 7) is 1.69. The molecule has 122 valence electrons. The van der Waals surface area contributed by atoms with E-state index in [1.807, 2.05) is 0 Å². The van der Waals surface area contributed by atoms with Gasteiger partial charge in [-0.3, -0.25) is 14.4 Å². The average Bonchev–Trinajstić information content (AvgIpc) is 2.43. The molecule has 2 atom stereocenters. The van der Waals surface area contributed by atoms with Gasteiger partial charge >= 0.3 is 17.9 Å². The monoisotopic (exact) mass is 356 g/mol. The first-order valence-corrected chi connectivity index (χ1v) is 7.92. The molecule has 0 fully saturated rings. The number of ether oxygens (including phenoxy) is 1. The lowest BCUT2D eigenvalue weighted by molar-refractivity contribution is -0.145. The maximum atomic E-state index is 11.2. The fourth-order valence-corrected chi connectivity index (χ4v) is 2.73. The first kappa shape index (κ1) is 20.5. The maximum absolute atomic E-state index is 11.2. The topological polar surface area (TPSA) is 101 Å². The van der Waals surface area contributed by atoms with E-state index in [1.165, 1.54) is 0 Å².